The average Bonchev–Trinajstić information content (AvgIpc) is 2.66. The molecule has 5 nitrogen and oxygen atoms in total. The highest BCUT2D eigenvalue weighted by atomic mass is 35.5. The van der Waals surface area contributed by atoms with Gasteiger partial charge in [0.1, 0.15) is 11.6 Å². The van der Waals surface area contributed by atoms with E-state index in [0.29, 0.717) is 39.4 Å². The Balaban J connectivity index is 2.28. The average molecular weight is 405 g/mol. The minimum Gasteiger partial charge on any atom is -0.493 e. The summed E-state index contributed by atoms with van der Waals surface area (Å²) in [6.45, 7) is 2.48. The van der Waals surface area contributed by atoms with Crippen LogP contribution in [-0.2, 0) is 4.79 Å². The predicted octanol–water partition coefficient (Wildman–Crippen LogP) is 5.34. The van der Waals surface area contributed by atoms with Crippen molar-refractivity contribution in [2.75, 3.05) is 19.0 Å². The van der Waals surface area contributed by atoms with Crippen molar-refractivity contribution in [1.82, 2.24) is 0 Å². The van der Waals surface area contributed by atoms with Crippen LogP contribution in [0.4, 0.5) is 5.69 Å². The molecule has 0 atom stereocenters. The summed E-state index contributed by atoms with van der Waals surface area (Å²) in [6.07, 6.45) is 2.26. The number of rotatable bonds is 7. The molecule has 1 amide bonds. The van der Waals surface area contributed by atoms with Crippen LogP contribution in [0.15, 0.2) is 42.0 Å². The smallest absolute Gasteiger partial charge is 0.266 e. The minimum atomic E-state index is -0.541. The Labute approximate surface area is 168 Å². The Bertz CT molecular complexity index is 887. The lowest BCUT2D eigenvalue weighted by Crippen LogP contribution is -2.13. The van der Waals surface area contributed by atoms with Crippen LogP contribution in [0.3, 0.4) is 0 Å². The SMILES string of the molecule is CCCOc1c(Cl)cc(/C=C(\C#N)C(=O)Nc2ccc(Cl)cc2)cc1OC. The first-order chi connectivity index (χ1) is 13.0. The zero-order valence-corrected chi connectivity index (χ0v) is 16.4. The van der Waals surface area contributed by atoms with Crippen molar-refractivity contribution < 1.29 is 14.3 Å². The van der Waals surface area contributed by atoms with Crippen LogP contribution < -0.4 is 14.8 Å². The molecule has 0 aliphatic rings. The van der Waals surface area contributed by atoms with Crippen LogP contribution in [0.1, 0.15) is 18.9 Å². The van der Waals surface area contributed by atoms with Crippen molar-refractivity contribution in [2.45, 2.75) is 13.3 Å². The van der Waals surface area contributed by atoms with E-state index in [1.54, 1.807) is 36.4 Å². The van der Waals surface area contributed by atoms with Crippen LogP contribution in [0.5, 0.6) is 11.5 Å². The van der Waals surface area contributed by atoms with Gasteiger partial charge in [-0.3, -0.25) is 4.79 Å². The van der Waals surface area contributed by atoms with Crippen LogP contribution in [0, 0.1) is 11.3 Å². The summed E-state index contributed by atoms with van der Waals surface area (Å²) in [7, 11) is 1.50. The summed E-state index contributed by atoms with van der Waals surface area (Å²) in [5.41, 5.74) is 0.998. The molecule has 0 heterocycles. The molecule has 0 fully saturated rings. The molecule has 0 saturated heterocycles. The molecule has 2 aromatic rings. The van der Waals surface area contributed by atoms with Gasteiger partial charge < -0.3 is 14.8 Å². The third-order valence-corrected chi connectivity index (χ3v) is 4.01. The summed E-state index contributed by atoms with van der Waals surface area (Å²) in [6, 6.07) is 11.8. The van der Waals surface area contributed by atoms with E-state index in [2.05, 4.69) is 5.32 Å². The molecule has 0 spiro atoms. The number of benzene rings is 2. The normalized spacial score (nSPS) is 10.9. The molecule has 1 N–H and O–H groups in total. The van der Waals surface area contributed by atoms with Gasteiger partial charge in [-0.1, -0.05) is 30.1 Å². The molecule has 140 valence electrons. The highest BCUT2D eigenvalue weighted by molar-refractivity contribution is 6.32. The summed E-state index contributed by atoms with van der Waals surface area (Å²) < 4.78 is 10.9. The topological polar surface area (TPSA) is 71.3 Å². The Hall–Kier alpha value is -2.68. The Kier molecular flexibility index (Phi) is 7.54. The molecule has 0 saturated carbocycles. The molecule has 0 unspecified atom stereocenters. The number of methoxy groups -OCH3 is 1. The van der Waals surface area contributed by atoms with E-state index < -0.39 is 5.91 Å². The second kappa shape index (κ2) is 9.86. The lowest BCUT2D eigenvalue weighted by Gasteiger charge is -2.13. The van der Waals surface area contributed by atoms with Gasteiger partial charge in [0.15, 0.2) is 11.5 Å². The number of hydrogen-bond donors (Lipinski definition) is 1. The molecule has 2 aromatic carbocycles. The number of hydrogen-bond acceptors (Lipinski definition) is 4. The number of nitrogens with zero attached hydrogens (tertiary/aromatic N) is 1. The van der Waals surface area contributed by atoms with E-state index in [1.807, 2.05) is 13.0 Å². The molecular weight excluding hydrogens is 387 g/mol. The van der Waals surface area contributed by atoms with Crippen molar-refractivity contribution >= 4 is 40.9 Å². The number of nitriles is 1. The second-order valence-electron chi connectivity index (χ2n) is 5.51. The van der Waals surface area contributed by atoms with Crippen LogP contribution in [0.25, 0.3) is 6.08 Å². The van der Waals surface area contributed by atoms with Crippen molar-refractivity contribution in [2.24, 2.45) is 0 Å². The molecule has 0 radical (unpaired) electrons. The fraction of sp³-hybridized carbons (Fsp3) is 0.200. The largest absolute Gasteiger partial charge is 0.493 e. The second-order valence-corrected chi connectivity index (χ2v) is 6.36. The van der Waals surface area contributed by atoms with Crippen molar-refractivity contribution in [1.29, 1.82) is 5.26 Å². The Morgan fingerprint density at radius 3 is 2.56 bits per heavy atom. The fourth-order valence-corrected chi connectivity index (χ4v) is 2.61. The maximum absolute atomic E-state index is 12.4. The predicted molar refractivity (Wildman–Crippen MR) is 107 cm³/mol. The highest BCUT2D eigenvalue weighted by Crippen LogP contribution is 2.37. The Morgan fingerprint density at radius 1 is 1.26 bits per heavy atom. The molecule has 2 rings (SSSR count). The maximum Gasteiger partial charge on any atom is 0.266 e. The summed E-state index contributed by atoms with van der Waals surface area (Å²) in [5, 5.41) is 12.9. The van der Waals surface area contributed by atoms with E-state index in [0.717, 1.165) is 6.42 Å². The fourth-order valence-electron chi connectivity index (χ4n) is 2.21. The van der Waals surface area contributed by atoms with E-state index >= 15 is 0 Å². The molecular formula is C20H18Cl2N2O3. The zero-order valence-electron chi connectivity index (χ0n) is 14.9. The van der Waals surface area contributed by atoms with Gasteiger partial charge in [0.25, 0.3) is 5.91 Å². The van der Waals surface area contributed by atoms with Gasteiger partial charge in [-0.05, 0) is 54.5 Å². The van der Waals surface area contributed by atoms with Gasteiger partial charge >= 0.3 is 0 Å². The van der Waals surface area contributed by atoms with E-state index in [4.69, 9.17) is 32.7 Å². The molecule has 0 aliphatic carbocycles. The van der Waals surface area contributed by atoms with Crippen molar-refractivity contribution in [3.63, 3.8) is 0 Å². The van der Waals surface area contributed by atoms with Gasteiger partial charge in [-0.2, -0.15) is 5.26 Å². The van der Waals surface area contributed by atoms with Crippen LogP contribution in [0.2, 0.25) is 10.0 Å². The van der Waals surface area contributed by atoms with E-state index in [-0.39, 0.29) is 5.57 Å². The summed E-state index contributed by atoms with van der Waals surface area (Å²) in [5.74, 6) is 0.320. The number of amides is 1. The third kappa shape index (κ3) is 5.65. The monoisotopic (exact) mass is 404 g/mol. The number of nitrogens with one attached hydrogen (secondary N) is 1. The number of carbonyl (C=O) groups excluding carboxylic acids is 1. The van der Waals surface area contributed by atoms with Gasteiger partial charge in [0, 0.05) is 10.7 Å². The van der Waals surface area contributed by atoms with Crippen LogP contribution >= 0.6 is 23.2 Å². The van der Waals surface area contributed by atoms with E-state index in [9.17, 15) is 10.1 Å². The first kappa shape index (κ1) is 20.6. The zero-order chi connectivity index (χ0) is 19.8. The third-order valence-electron chi connectivity index (χ3n) is 3.48. The highest BCUT2D eigenvalue weighted by Gasteiger charge is 2.14. The first-order valence-electron chi connectivity index (χ1n) is 8.17. The van der Waals surface area contributed by atoms with Gasteiger partial charge in [-0.15, -0.1) is 0 Å². The number of carbonyl (C=O) groups is 1. The number of halogens is 2. The Morgan fingerprint density at radius 2 is 1.96 bits per heavy atom. The van der Waals surface area contributed by atoms with Crippen molar-refractivity contribution in [3.8, 4) is 17.6 Å². The first-order valence-corrected chi connectivity index (χ1v) is 8.93. The number of ether oxygens (including phenoxy) is 2. The van der Waals surface area contributed by atoms with Gasteiger partial charge in [0.05, 0.1) is 18.7 Å². The van der Waals surface area contributed by atoms with Gasteiger partial charge in [-0.25, -0.2) is 0 Å². The standard InChI is InChI=1S/C20H18Cl2N2O3/c1-3-8-27-19-17(22)10-13(11-18(19)26-2)9-14(12-23)20(25)24-16-6-4-15(21)5-7-16/h4-7,9-11H,3,8H2,1-2H3,(H,24,25)/b14-9+. The quantitative estimate of drug-likeness (QED) is 0.499. The van der Waals surface area contributed by atoms with Crippen LogP contribution in [-0.4, -0.2) is 19.6 Å². The molecule has 7 heteroatoms. The summed E-state index contributed by atoms with van der Waals surface area (Å²) >= 11 is 12.1. The summed E-state index contributed by atoms with van der Waals surface area (Å²) in [4.78, 5) is 12.4. The molecule has 0 bridgehead atoms. The molecule has 0 aliphatic heterocycles. The van der Waals surface area contributed by atoms with Gasteiger partial charge in [0.2, 0.25) is 0 Å². The number of anilines is 1. The van der Waals surface area contributed by atoms with E-state index in [1.165, 1.54) is 13.2 Å². The molecule has 27 heavy (non-hydrogen) atoms. The lowest BCUT2D eigenvalue weighted by molar-refractivity contribution is -0.112. The lowest BCUT2D eigenvalue weighted by atomic mass is 10.1. The maximum atomic E-state index is 12.4. The molecule has 0 aromatic heterocycles. The van der Waals surface area contributed by atoms with Crippen molar-refractivity contribution in [3.05, 3.63) is 57.6 Å². The minimum absolute atomic E-state index is 0.0784.